The molecule has 0 spiro atoms. The van der Waals surface area contributed by atoms with E-state index in [0.717, 1.165) is 31.8 Å². The summed E-state index contributed by atoms with van der Waals surface area (Å²) in [6.45, 7) is 4.05. The van der Waals surface area contributed by atoms with Crippen LogP contribution in [0.15, 0.2) is 22.8 Å². The van der Waals surface area contributed by atoms with Crippen molar-refractivity contribution in [1.82, 2.24) is 5.32 Å². The molecule has 1 N–H and O–H groups in total. The van der Waals surface area contributed by atoms with Crippen molar-refractivity contribution in [1.29, 1.82) is 0 Å². The molecular formula is C16H27NO2. The lowest BCUT2D eigenvalue weighted by Crippen LogP contribution is -2.24. The average Bonchev–Trinajstić information content (AvgIpc) is 2.98. The van der Waals surface area contributed by atoms with E-state index in [4.69, 9.17) is 9.15 Å². The van der Waals surface area contributed by atoms with Crippen LogP contribution in [0.3, 0.4) is 0 Å². The third kappa shape index (κ3) is 5.00. The lowest BCUT2D eigenvalue weighted by atomic mass is 9.98. The van der Waals surface area contributed by atoms with Crippen molar-refractivity contribution in [3.8, 4) is 0 Å². The van der Waals surface area contributed by atoms with Crippen LogP contribution in [0.1, 0.15) is 63.7 Å². The Morgan fingerprint density at radius 3 is 2.89 bits per heavy atom. The second kappa shape index (κ2) is 8.39. The zero-order chi connectivity index (χ0) is 13.3. The standard InChI is InChI=1S/C16H27NO2/c1-2-15(16-10-6-12-19-16)17-11-7-13-18-14-8-4-3-5-9-14/h6,10,12,14-15,17H,2-5,7-9,11,13H2,1H3. The molecule has 1 fully saturated rings. The number of rotatable bonds is 8. The van der Waals surface area contributed by atoms with Gasteiger partial charge in [0.2, 0.25) is 0 Å². The molecule has 2 rings (SSSR count). The lowest BCUT2D eigenvalue weighted by molar-refractivity contribution is 0.0270. The molecule has 0 saturated heterocycles. The quantitative estimate of drug-likeness (QED) is 0.720. The molecule has 1 aliphatic rings. The van der Waals surface area contributed by atoms with Crippen LogP contribution in [0.2, 0.25) is 0 Å². The van der Waals surface area contributed by atoms with Gasteiger partial charge in [-0.3, -0.25) is 0 Å². The van der Waals surface area contributed by atoms with E-state index in [1.807, 2.05) is 12.1 Å². The predicted octanol–water partition coefficient (Wildman–Crippen LogP) is 4.06. The Kier molecular flexibility index (Phi) is 6.45. The maximum absolute atomic E-state index is 5.93. The first-order chi connectivity index (χ1) is 9.40. The maximum atomic E-state index is 5.93. The molecule has 1 atom stereocenters. The van der Waals surface area contributed by atoms with Crippen LogP contribution >= 0.6 is 0 Å². The summed E-state index contributed by atoms with van der Waals surface area (Å²) in [5.74, 6) is 1.04. The number of hydrogen-bond acceptors (Lipinski definition) is 3. The largest absolute Gasteiger partial charge is 0.468 e. The van der Waals surface area contributed by atoms with Gasteiger partial charge in [0.25, 0.3) is 0 Å². The molecule has 3 nitrogen and oxygen atoms in total. The van der Waals surface area contributed by atoms with E-state index in [9.17, 15) is 0 Å². The first-order valence-electron chi connectivity index (χ1n) is 7.78. The van der Waals surface area contributed by atoms with Gasteiger partial charge in [0.1, 0.15) is 5.76 Å². The van der Waals surface area contributed by atoms with Gasteiger partial charge in [0.05, 0.1) is 18.4 Å². The van der Waals surface area contributed by atoms with E-state index < -0.39 is 0 Å². The highest BCUT2D eigenvalue weighted by molar-refractivity contribution is 5.03. The van der Waals surface area contributed by atoms with Crippen LogP contribution in [0.25, 0.3) is 0 Å². The highest BCUT2D eigenvalue weighted by Gasteiger charge is 2.14. The fraction of sp³-hybridized carbons (Fsp3) is 0.750. The van der Waals surface area contributed by atoms with Gasteiger partial charge in [0.15, 0.2) is 0 Å². The van der Waals surface area contributed by atoms with Gasteiger partial charge >= 0.3 is 0 Å². The number of ether oxygens (including phenoxy) is 1. The number of furan rings is 1. The van der Waals surface area contributed by atoms with Gasteiger partial charge in [-0.25, -0.2) is 0 Å². The van der Waals surface area contributed by atoms with E-state index in [1.54, 1.807) is 6.26 Å². The van der Waals surface area contributed by atoms with Crippen molar-refractivity contribution < 1.29 is 9.15 Å². The first kappa shape index (κ1) is 14.6. The summed E-state index contributed by atoms with van der Waals surface area (Å²) in [5.41, 5.74) is 0. The minimum atomic E-state index is 0.338. The summed E-state index contributed by atoms with van der Waals surface area (Å²) in [5, 5.41) is 3.54. The second-order valence-electron chi connectivity index (χ2n) is 5.41. The molecule has 1 unspecified atom stereocenters. The Bertz CT molecular complexity index is 317. The van der Waals surface area contributed by atoms with E-state index in [2.05, 4.69) is 12.2 Å². The average molecular weight is 265 g/mol. The molecule has 108 valence electrons. The number of hydrogen-bond donors (Lipinski definition) is 1. The van der Waals surface area contributed by atoms with Crippen LogP contribution in [-0.4, -0.2) is 19.3 Å². The van der Waals surface area contributed by atoms with Gasteiger partial charge in [-0.15, -0.1) is 0 Å². The lowest BCUT2D eigenvalue weighted by Gasteiger charge is -2.22. The summed E-state index contributed by atoms with van der Waals surface area (Å²) < 4.78 is 11.4. The van der Waals surface area contributed by atoms with Gasteiger partial charge < -0.3 is 14.5 Å². The molecule has 1 saturated carbocycles. The van der Waals surface area contributed by atoms with E-state index in [0.29, 0.717) is 12.1 Å². The Labute approximate surface area is 116 Å². The Balaban J connectivity index is 1.55. The monoisotopic (exact) mass is 265 g/mol. The van der Waals surface area contributed by atoms with E-state index in [1.165, 1.54) is 32.1 Å². The smallest absolute Gasteiger partial charge is 0.120 e. The van der Waals surface area contributed by atoms with Crippen LogP contribution in [-0.2, 0) is 4.74 Å². The fourth-order valence-electron chi connectivity index (χ4n) is 2.77. The Morgan fingerprint density at radius 1 is 1.37 bits per heavy atom. The van der Waals surface area contributed by atoms with Crippen LogP contribution in [0.4, 0.5) is 0 Å². The highest BCUT2D eigenvalue weighted by atomic mass is 16.5. The molecule has 0 amide bonds. The molecule has 0 radical (unpaired) electrons. The summed E-state index contributed by atoms with van der Waals surface area (Å²) in [4.78, 5) is 0. The van der Waals surface area contributed by atoms with Crippen molar-refractivity contribution in [2.75, 3.05) is 13.2 Å². The minimum Gasteiger partial charge on any atom is -0.468 e. The molecule has 1 aromatic rings. The number of nitrogens with one attached hydrogen (secondary N) is 1. The third-order valence-electron chi connectivity index (χ3n) is 3.91. The summed E-state index contributed by atoms with van der Waals surface area (Å²) in [6.07, 6.45) is 11.0. The molecule has 1 heterocycles. The second-order valence-corrected chi connectivity index (χ2v) is 5.41. The first-order valence-corrected chi connectivity index (χ1v) is 7.78. The summed E-state index contributed by atoms with van der Waals surface area (Å²) >= 11 is 0. The predicted molar refractivity (Wildman–Crippen MR) is 77.2 cm³/mol. The van der Waals surface area contributed by atoms with Crippen molar-refractivity contribution in [3.05, 3.63) is 24.2 Å². The molecule has 3 heteroatoms. The highest BCUT2D eigenvalue weighted by Crippen LogP contribution is 2.20. The van der Waals surface area contributed by atoms with Crippen LogP contribution in [0.5, 0.6) is 0 Å². The Morgan fingerprint density at radius 2 is 2.21 bits per heavy atom. The van der Waals surface area contributed by atoms with Crippen molar-refractivity contribution >= 4 is 0 Å². The van der Waals surface area contributed by atoms with Gasteiger partial charge in [-0.05, 0) is 44.4 Å². The molecule has 0 aliphatic heterocycles. The molecule has 19 heavy (non-hydrogen) atoms. The Hall–Kier alpha value is -0.800. The fourth-order valence-corrected chi connectivity index (χ4v) is 2.77. The SMILES string of the molecule is CCC(NCCCOC1CCCCC1)c1ccco1. The molecular weight excluding hydrogens is 238 g/mol. The normalized spacial score (nSPS) is 18.6. The maximum Gasteiger partial charge on any atom is 0.120 e. The molecule has 0 aromatic carbocycles. The zero-order valence-electron chi connectivity index (χ0n) is 12.1. The molecule has 1 aromatic heterocycles. The van der Waals surface area contributed by atoms with Gasteiger partial charge in [-0.2, -0.15) is 0 Å². The van der Waals surface area contributed by atoms with Crippen molar-refractivity contribution in [3.63, 3.8) is 0 Å². The van der Waals surface area contributed by atoms with Gasteiger partial charge in [-0.1, -0.05) is 26.2 Å². The summed E-state index contributed by atoms with van der Waals surface area (Å²) in [6, 6.07) is 4.33. The molecule has 0 bridgehead atoms. The third-order valence-corrected chi connectivity index (χ3v) is 3.91. The van der Waals surface area contributed by atoms with Crippen LogP contribution < -0.4 is 5.32 Å². The van der Waals surface area contributed by atoms with E-state index >= 15 is 0 Å². The topological polar surface area (TPSA) is 34.4 Å². The van der Waals surface area contributed by atoms with Crippen molar-refractivity contribution in [2.24, 2.45) is 0 Å². The molecule has 1 aliphatic carbocycles. The van der Waals surface area contributed by atoms with Crippen molar-refractivity contribution in [2.45, 2.75) is 64.0 Å². The van der Waals surface area contributed by atoms with Crippen LogP contribution in [0, 0.1) is 0 Å². The zero-order valence-corrected chi connectivity index (χ0v) is 12.1. The van der Waals surface area contributed by atoms with E-state index in [-0.39, 0.29) is 0 Å². The van der Waals surface area contributed by atoms with Gasteiger partial charge in [0, 0.05) is 6.61 Å². The minimum absolute atomic E-state index is 0.338. The summed E-state index contributed by atoms with van der Waals surface area (Å²) in [7, 11) is 0.